The summed E-state index contributed by atoms with van der Waals surface area (Å²) in [5, 5.41) is 13.7. The number of nitrogens with zero attached hydrogens (tertiary/aromatic N) is 2. The highest BCUT2D eigenvalue weighted by molar-refractivity contribution is 9.11. The summed E-state index contributed by atoms with van der Waals surface area (Å²) in [6.45, 7) is 2.22. The van der Waals surface area contributed by atoms with Crippen molar-refractivity contribution < 1.29 is 9.90 Å². The zero-order valence-corrected chi connectivity index (χ0v) is 16.5. The number of nitrogens with one attached hydrogen (secondary N) is 1. The predicted molar refractivity (Wildman–Crippen MR) is 106 cm³/mol. The molecule has 2 aromatic rings. The van der Waals surface area contributed by atoms with Gasteiger partial charge in [0, 0.05) is 24.3 Å². The smallest absolute Gasteiger partial charge is 0.271 e. The molecule has 7 heteroatoms. The van der Waals surface area contributed by atoms with Gasteiger partial charge >= 0.3 is 0 Å². The number of hydrazone groups is 1. The quantitative estimate of drug-likeness (QED) is 0.522. The minimum absolute atomic E-state index is 0.0538. The van der Waals surface area contributed by atoms with Gasteiger partial charge in [0.15, 0.2) is 0 Å². The lowest BCUT2D eigenvalue weighted by atomic mass is 10.2. The van der Waals surface area contributed by atoms with Crippen molar-refractivity contribution in [3.8, 4) is 5.75 Å². The van der Waals surface area contributed by atoms with Gasteiger partial charge in [-0.1, -0.05) is 12.1 Å². The van der Waals surface area contributed by atoms with Gasteiger partial charge in [-0.2, -0.15) is 5.10 Å². The van der Waals surface area contributed by atoms with Crippen molar-refractivity contribution in [1.29, 1.82) is 0 Å². The number of anilines is 1. The SMILES string of the molecule is O=C(N/N=C/c1ccc(N2CCCC2)cc1)c1cc(Br)c(O)c(Br)c1. The van der Waals surface area contributed by atoms with Crippen molar-refractivity contribution in [2.45, 2.75) is 12.8 Å². The van der Waals surface area contributed by atoms with Gasteiger partial charge in [0.1, 0.15) is 5.75 Å². The number of hydrogen-bond acceptors (Lipinski definition) is 4. The van der Waals surface area contributed by atoms with Crippen LogP contribution in [-0.4, -0.2) is 30.3 Å². The maximum absolute atomic E-state index is 12.1. The molecule has 1 aliphatic heterocycles. The first-order valence-corrected chi connectivity index (χ1v) is 9.49. The van der Waals surface area contributed by atoms with E-state index in [-0.39, 0.29) is 11.7 Å². The normalized spacial score (nSPS) is 14.2. The second-order valence-corrected chi connectivity index (χ2v) is 7.48. The standard InChI is InChI=1S/C18H17Br2N3O2/c19-15-9-13(10-16(20)17(15)24)18(25)22-21-11-12-3-5-14(6-4-12)23-7-1-2-8-23/h3-6,9-11,24H,1-2,7-8H2,(H,22,25)/b21-11+. The van der Waals surface area contributed by atoms with Crippen LogP contribution in [0, 0.1) is 0 Å². The molecule has 1 aliphatic rings. The van der Waals surface area contributed by atoms with E-state index < -0.39 is 0 Å². The monoisotopic (exact) mass is 465 g/mol. The van der Waals surface area contributed by atoms with Gasteiger partial charge in [-0.05, 0) is 74.5 Å². The summed E-state index contributed by atoms with van der Waals surface area (Å²) in [5.41, 5.74) is 5.01. The van der Waals surface area contributed by atoms with E-state index >= 15 is 0 Å². The number of phenols is 1. The average Bonchev–Trinajstić information content (AvgIpc) is 3.14. The first kappa shape index (κ1) is 17.9. The molecule has 1 fully saturated rings. The lowest BCUT2D eigenvalue weighted by molar-refractivity contribution is 0.0955. The molecule has 1 saturated heterocycles. The van der Waals surface area contributed by atoms with Crippen LogP contribution in [0.5, 0.6) is 5.75 Å². The van der Waals surface area contributed by atoms with Crippen LogP contribution < -0.4 is 10.3 Å². The molecule has 2 N–H and O–H groups in total. The summed E-state index contributed by atoms with van der Waals surface area (Å²) in [4.78, 5) is 14.5. The molecule has 0 saturated carbocycles. The Bertz CT molecular complexity index is 777. The largest absolute Gasteiger partial charge is 0.506 e. The minimum Gasteiger partial charge on any atom is -0.506 e. The zero-order valence-electron chi connectivity index (χ0n) is 13.4. The Labute approximate surface area is 163 Å². The predicted octanol–water partition coefficient (Wildman–Crippen LogP) is 4.28. The summed E-state index contributed by atoms with van der Waals surface area (Å²) < 4.78 is 0.877. The third kappa shape index (κ3) is 4.41. The molecule has 2 aromatic carbocycles. The second kappa shape index (κ2) is 8.01. The van der Waals surface area contributed by atoms with Gasteiger partial charge in [-0.15, -0.1) is 0 Å². The van der Waals surface area contributed by atoms with E-state index in [4.69, 9.17) is 0 Å². The molecule has 130 valence electrons. The molecule has 0 aliphatic carbocycles. The Morgan fingerprint density at radius 1 is 1.12 bits per heavy atom. The molecule has 1 amide bonds. The fraction of sp³-hybridized carbons (Fsp3) is 0.222. The fourth-order valence-corrected chi connectivity index (χ4v) is 3.86. The maximum Gasteiger partial charge on any atom is 0.271 e. The van der Waals surface area contributed by atoms with E-state index in [1.54, 1.807) is 6.21 Å². The molecule has 0 unspecified atom stereocenters. The van der Waals surface area contributed by atoms with Crippen molar-refractivity contribution in [1.82, 2.24) is 5.43 Å². The van der Waals surface area contributed by atoms with E-state index in [9.17, 15) is 9.90 Å². The van der Waals surface area contributed by atoms with E-state index in [1.165, 1.54) is 30.7 Å². The van der Waals surface area contributed by atoms with Crippen LogP contribution in [0.2, 0.25) is 0 Å². The Morgan fingerprint density at radius 2 is 1.72 bits per heavy atom. The van der Waals surface area contributed by atoms with Gasteiger partial charge in [0.25, 0.3) is 5.91 Å². The molecular formula is C18H17Br2N3O2. The van der Waals surface area contributed by atoms with Crippen molar-refractivity contribution >= 4 is 49.7 Å². The van der Waals surface area contributed by atoms with E-state index in [0.717, 1.165) is 18.7 Å². The van der Waals surface area contributed by atoms with Crippen molar-refractivity contribution in [2.24, 2.45) is 5.10 Å². The number of carbonyl (C=O) groups is 1. The highest BCUT2D eigenvalue weighted by Gasteiger charge is 2.12. The number of carbonyl (C=O) groups excluding carboxylic acids is 1. The van der Waals surface area contributed by atoms with Gasteiger partial charge in [-0.3, -0.25) is 4.79 Å². The topological polar surface area (TPSA) is 64.9 Å². The van der Waals surface area contributed by atoms with Crippen LogP contribution in [-0.2, 0) is 0 Å². The van der Waals surface area contributed by atoms with Crippen molar-refractivity contribution in [3.63, 3.8) is 0 Å². The third-order valence-corrected chi connectivity index (χ3v) is 5.23. The van der Waals surface area contributed by atoms with Gasteiger partial charge < -0.3 is 10.0 Å². The Balaban J connectivity index is 1.61. The fourth-order valence-electron chi connectivity index (χ4n) is 2.67. The number of hydrogen-bond donors (Lipinski definition) is 2. The summed E-state index contributed by atoms with van der Waals surface area (Å²) >= 11 is 6.40. The average molecular weight is 467 g/mol. The van der Waals surface area contributed by atoms with E-state index in [1.807, 2.05) is 12.1 Å². The van der Waals surface area contributed by atoms with Crippen LogP contribution in [0.25, 0.3) is 0 Å². The summed E-state index contributed by atoms with van der Waals surface area (Å²) in [5.74, 6) is -0.301. The maximum atomic E-state index is 12.1. The molecule has 0 aromatic heterocycles. The highest BCUT2D eigenvalue weighted by atomic mass is 79.9. The lowest BCUT2D eigenvalue weighted by Gasteiger charge is -2.17. The Hall–Kier alpha value is -1.86. The van der Waals surface area contributed by atoms with Gasteiger partial charge in [0.05, 0.1) is 15.2 Å². The molecule has 3 rings (SSSR count). The zero-order chi connectivity index (χ0) is 17.8. The first-order chi connectivity index (χ1) is 12.0. The molecule has 25 heavy (non-hydrogen) atoms. The van der Waals surface area contributed by atoms with Crippen LogP contribution >= 0.6 is 31.9 Å². The van der Waals surface area contributed by atoms with Gasteiger partial charge in [-0.25, -0.2) is 5.43 Å². The summed E-state index contributed by atoms with van der Waals surface area (Å²) in [7, 11) is 0. The van der Waals surface area contributed by atoms with Gasteiger partial charge in [0.2, 0.25) is 0 Å². The van der Waals surface area contributed by atoms with Crippen LogP contribution in [0.15, 0.2) is 50.4 Å². The highest BCUT2D eigenvalue weighted by Crippen LogP contribution is 2.33. The van der Waals surface area contributed by atoms with Crippen LogP contribution in [0.1, 0.15) is 28.8 Å². The van der Waals surface area contributed by atoms with Crippen LogP contribution in [0.3, 0.4) is 0 Å². The molecule has 0 spiro atoms. The molecule has 0 bridgehead atoms. The molecule has 0 radical (unpaired) electrons. The summed E-state index contributed by atoms with van der Waals surface area (Å²) in [6, 6.07) is 11.2. The number of rotatable bonds is 4. The minimum atomic E-state index is -0.355. The Morgan fingerprint density at radius 3 is 2.32 bits per heavy atom. The van der Waals surface area contributed by atoms with Crippen molar-refractivity contribution in [3.05, 3.63) is 56.5 Å². The van der Waals surface area contributed by atoms with Crippen molar-refractivity contribution in [2.75, 3.05) is 18.0 Å². The second-order valence-electron chi connectivity index (χ2n) is 5.77. The molecule has 5 nitrogen and oxygen atoms in total. The number of phenolic OH excluding ortho intramolecular Hbond substituents is 1. The van der Waals surface area contributed by atoms with E-state index in [0.29, 0.717) is 14.5 Å². The number of amides is 1. The Kier molecular flexibility index (Phi) is 5.75. The molecule has 0 atom stereocenters. The van der Waals surface area contributed by atoms with E-state index in [2.05, 4.69) is 59.4 Å². The number of benzene rings is 2. The first-order valence-electron chi connectivity index (χ1n) is 7.91. The van der Waals surface area contributed by atoms with Crippen LogP contribution in [0.4, 0.5) is 5.69 Å². The molecule has 1 heterocycles. The molecular weight excluding hydrogens is 450 g/mol. The number of halogens is 2. The number of aromatic hydroxyl groups is 1. The third-order valence-electron chi connectivity index (χ3n) is 4.02. The summed E-state index contributed by atoms with van der Waals surface area (Å²) in [6.07, 6.45) is 4.10. The lowest BCUT2D eigenvalue weighted by Crippen LogP contribution is -2.18.